The maximum atomic E-state index is 6.11. The Hall–Kier alpha value is -1.54. The molecule has 0 bridgehead atoms. The Morgan fingerprint density at radius 3 is 2.75 bits per heavy atom. The van der Waals surface area contributed by atoms with Crippen LogP contribution >= 0.6 is 11.6 Å². The molecule has 0 unspecified atom stereocenters. The van der Waals surface area contributed by atoms with E-state index >= 15 is 0 Å². The zero-order valence-electron chi connectivity index (χ0n) is 9.20. The average molecular weight is 234 g/mol. The SMILES string of the molecule is COc1cccc(-c2c(C)ccnc2Cl)c1. The quantitative estimate of drug-likeness (QED) is 0.738. The van der Waals surface area contributed by atoms with Crippen LogP contribution in [0.5, 0.6) is 5.75 Å². The maximum absolute atomic E-state index is 6.11. The fourth-order valence-corrected chi connectivity index (χ4v) is 1.96. The molecule has 0 radical (unpaired) electrons. The number of aromatic nitrogens is 1. The predicted octanol–water partition coefficient (Wildman–Crippen LogP) is 3.72. The lowest BCUT2D eigenvalue weighted by atomic mass is 10.0. The molecule has 0 aliphatic heterocycles. The van der Waals surface area contributed by atoms with E-state index in [0.717, 1.165) is 22.4 Å². The van der Waals surface area contributed by atoms with Gasteiger partial charge < -0.3 is 4.74 Å². The topological polar surface area (TPSA) is 22.1 Å². The highest BCUT2D eigenvalue weighted by molar-refractivity contribution is 6.32. The van der Waals surface area contributed by atoms with Crippen LogP contribution in [-0.4, -0.2) is 12.1 Å². The standard InChI is InChI=1S/C13H12ClNO/c1-9-6-7-15-13(14)12(9)10-4-3-5-11(8-10)16-2/h3-8H,1-2H3. The summed E-state index contributed by atoms with van der Waals surface area (Å²) in [6.07, 6.45) is 1.71. The molecule has 0 aliphatic carbocycles. The Kier molecular flexibility index (Phi) is 3.11. The summed E-state index contributed by atoms with van der Waals surface area (Å²) < 4.78 is 5.19. The summed E-state index contributed by atoms with van der Waals surface area (Å²) in [5.41, 5.74) is 3.09. The van der Waals surface area contributed by atoms with Crippen LogP contribution in [0.15, 0.2) is 36.5 Å². The summed E-state index contributed by atoms with van der Waals surface area (Å²) in [5, 5.41) is 0.522. The largest absolute Gasteiger partial charge is 0.497 e. The van der Waals surface area contributed by atoms with Crippen molar-refractivity contribution in [2.75, 3.05) is 7.11 Å². The van der Waals surface area contributed by atoms with E-state index in [0.29, 0.717) is 5.15 Å². The van der Waals surface area contributed by atoms with Gasteiger partial charge in [0.05, 0.1) is 7.11 Å². The van der Waals surface area contributed by atoms with Crippen molar-refractivity contribution in [1.29, 1.82) is 0 Å². The summed E-state index contributed by atoms with van der Waals surface area (Å²) in [7, 11) is 1.65. The third-order valence-electron chi connectivity index (χ3n) is 2.47. The van der Waals surface area contributed by atoms with Crippen LogP contribution in [-0.2, 0) is 0 Å². The van der Waals surface area contributed by atoms with Crippen LogP contribution in [0, 0.1) is 6.92 Å². The van der Waals surface area contributed by atoms with Crippen LogP contribution < -0.4 is 4.74 Å². The molecular weight excluding hydrogens is 222 g/mol. The molecule has 0 N–H and O–H groups in total. The molecule has 1 aromatic carbocycles. The van der Waals surface area contributed by atoms with E-state index in [1.165, 1.54) is 0 Å². The van der Waals surface area contributed by atoms with Crippen LogP contribution in [0.25, 0.3) is 11.1 Å². The molecular formula is C13H12ClNO. The maximum Gasteiger partial charge on any atom is 0.137 e. The summed E-state index contributed by atoms with van der Waals surface area (Å²) in [6.45, 7) is 2.02. The minimum absolute atomic E-state index is 0.522. The Labute approximate surface area is 99.9 Å². The molecule has 0 amide bonds. The van der Waals surface area contributed by atoms with E-state index in [1.807, 2.05) is 37.3 Å². The Balaban J connectivity index is 2.58. The minimum atomic E-state index is 0.522. The predicted molar refractivity (Wildman–Crippen MR) is 66.0 cm³/mol. The first-order chi connectivity index (χ1) is 7.72. The number of pyridine rings is 1. The van der Waals surface area contributed by atoms with Crippen molar-refractivity contribution in [3.8, 4) is 16.9 Å². The van der Waals surface area contributed by atoms with Crippen molar-refractivity contribution >= 4 is 11.6 Å². The van der Waals surface area contributed by atoms with Gasteiger partial charge >= 0.3 is 0 Å². The zero-order valence-corrected chi connectivity index (χ0v) is 9.95. The smallest absolute Gasteiger partial charge is 0.137 e. The molecule has 16 heavy (non-hydrogen) atoms. The Morgan fingerprint density at radius 2 is 2.06 bits per heavy atom. The Bertz CT molecular complexity index is 491. The van der Waals surface area contributed by atoms with Gasteiger partial charge in [-0.05, 0) is 36.2 Å². The molecule has 0 atom stereocenters. The minimum Gasteiger partial charge on any atom is -0.497 e. The van der Waals surface area contributed by atoms with Crippen LogP contribution in [0.1, 0.15) is 5.56 Å². The van der Waals surface area contributed by atoms with Crippen LogP contribution in [0.4, 0.5) is 0 Å². The van der Waals surface area contributed by atoms with Gasteiger partial charge in [-0.2, -0.15) is 0 Å². The molecule has 3 heteroatoms. The molecule has 0 fully saturated rings. The second-order valence-electron chi connectivity index (χ2n) is 3.53. The van der Waals surface area contributed by atoms with Gasteiger partial charge in [0, 0.05) is 11.8 Å². The number of ether oxygens (including phenoxy) is 1. The van der Waals surface area contributed by atoms with Crippen molar-refractivity contribution < 1.29 is 4.74 Å². The molecule has 0 aliphatic rings. The van der Waals surface area contributed by atoms with Gasteiger partial charge in [0.1, 0.15) is 10.9 Å². The molecule has 1 aromatic heterocycles. The number of benzene rings is 1. The van der Waals surface area contributed by atoms with Gasteiger partial charge in [0.15, 0.2) is 0 Å². The van der Waals surface area contributed by atoms with Crippen molar-refractivity contribution in [3.05, 3.63) is 47.2 Å². The van der Waals surface area contributed by atoms with Crippen molar-refractivity contribution in [1.82, 2.24) is 4.98 Å². The number of methoxy groups -OCH3 is 1. The van der Waals surface area contributed by atoms with E-state index < -0.39 is 0 Å². The molecule has 0 saturated heterocycles. The lowest BCUT2D eigenvalue weighted by Crippen LogP contribution is -1.89. The molecule has 0 spiro atoms. The van der Waals surface area contributed by atoms with Crippen molar-refractivity contribution in [2.45, 2.75) is 6.92 Å². The third kappa shape index (κ3) is 2.02. The van der Waals surface area contributed by atoms with Gasteiger partial charge in [0.2, 0.25) is 0 Å². The second kappa shape index (κ2) is 4.54. The summed E-state index contributed by atoms with van der Waals surface area (Å²) in [6, 6.07) is 9.75. The monoisotopic (exact) mass is 233 g/mol. The number of halogens is 1. The highest BCUT2D eigenvalue weighted by Crippen LogP contribution is 2.31. The van der Waals surface area contributed by atoms with E-state index in [4.69, 9.17) is 16.3 Å². The zero-order chi connectivity index (χ0) is 11.5. The van der Waals surface area contributed by atoms with Gasteiger partial charge in [-0.3, -0.25) is 0 Å². The second-order valence-corrected chi connectivity index (χ2v) is 3.88. The number of aryl methyl sites for hydroxylation is 1. The van der Waals surface area contributed by atoms with Crippen LogP contribution in [0.2, 0.25) is 5.15 Å². The highest BCUT2D eigenvalue weighted by atomic mass is 35.5. The average Bonchev–Trinajstić information content (AvgIpc) is 2.29. The van der Waals surface area contributed by atoms with E-state index in [-0.39, 0.29) is 0 Å². The number of hydrogen-bond donors (Lipinski definition) is 0. The summed E-state index contributed by atoms with van der Waals surface area (Å²) >= 11 is 6.11. The lowest BCUT2D eigenvalue weighted by Gasteiger charge is -2.08. The molecule has 2 aromatic rings. The first-order valence-electron chi connectivity index (χ1n) is 4.98. The third-order valence-corrected chi connectivity index (χ3v) is 2.76. The number of hydrogen-bond acceptors (Lipinski definition) is 2. The van der Waals surface area contributed by atoms with E-state index in [1.54, 1.807) is 13.3 Å². The summed E-state index contributed by atoms with van der Waals surface area (Å²) in [4.78, 5) is 4.10. The first-order valence-corrected chi connectivity index (χ1v) is 5.35. The number of rotatable bonds is 2. The van der Waals surface area contributed by atoms with Gasteiger partial charge in [0.25, 0.3) is 0 Å². The van der Waals surface area contributed by atoms with Gasteiger partial charge in [-0.25, -0.2) is 4.98 Å². The van der Waals surface area contributed by atoms with Crippen LogP contribution in [0.3, 0.4) is 0 Å². The molecule has 2 rings (SSSR count). The number of nitrogens with zero attached hydrogens (tertiary/aromatic N) is 1. The van der Waals surface area contributed by atoms with Gasteiger partial charge in [-0.1, -0.05) is 23.7 Å². The first kappa shape index (κ1) is 11.0. The molecule has 2 nitrogen and oxygen atoms in total. The van der Waals surface area contributed by atoms with E-state index in [2.05, 4.69) is 4.98 Å². The molecule has 1 heterocycles. The summed E-state index contributed by atoms with van der Waals surface area (Å²) in [5.74, 6) is 0.816. The van der Waals surface area contributed by atoms with Crippen molar-refractivity contribution in [2.24, 2.45) is 0 Å². The normalized spacial score (nSPS) is 10.2. The van der Waals surface area contributed by atoms with E-state index in [9.17, 15) is 0 Å². The highest BCUT2D eigenvalue weighted by Gasteiger charge is 2.08. The molecule has 0 saturated carbocycles. The Morgan fingerprint density at radius 1 is 1.25 bits per heavy atom. The fraction of sp³-hybridized carbons (Fsp3) is 0.154. The van der Waals surface area contributed by atoms with Gasteiger partial charge in [-0.15, -0.1) is 0 Å². The van der Waals surface area contributed by atoms with Crippen molar-refractivity contribution in [3.63, 3.8) is 0 Å². The molecule has 82 valence electrons. The lowest BCUT2D eigenvalue weighted by molar-refractivity contribution is 0.415. The fourth-order valence-electron chi connectivity index (χ4n) is 1.65.